The number of aromatic nitrogens is 1. The zero-order valence-corrected chi connectivity index (χ0v) is 11.9. The Hall–Kier alpha value is -1.65. The van der Waals surface area contributed by atoms with E-state index in [-0.39, 0.29) is 12.5 Å². The highest BCUT2D eigenvalue weighted by atomic mass is 35.5. The average molecular weight is 293 g/mol. The Labute approximate surface area is 122 Å². The maximum atomic E-state index is 12.2. The molecule has 0 aliphatic carbocycles. The summed E-state index contributed by atoms with van der Waals surface area (Å²) in [5.74, 6) is -0.144. The maximum Gasteiger partial charge on any atom is 0.253 e. The van der Waals surface area contributed by atoms with Gasteiger partial charge in [-0.2, -0.15) is 0 Å². The number of benzene rings is 1. The number of unbranched alkanes of at least 4 members (excludes halogenated alkanes) is 2. The molecule has 0 fully saturated rings. The molecule has 2 N–H and O–H groups in total. The molecular formula is C15H17ClN2O2. The second-order valence-corrected chi connectivity index (χ2v) is 4.91. The van der Waals surface area contributed by atoms with Crippen LogP contribution in [0, 0.1) is 0 Å². The summed E-state index contributed by atoms with van der Waals surface area (Å²) in [7, 11) is 0. The van der Waals surface area contributed by atoms with Crippen molar-refractivity contribution < 1.29 is 9.90 Å². The summed E-state index contributed by atoms with van der Waals surface area (Å²) in [5.41, 5.74) is 0.534. The Bertz CT molecular complexity index is 601. The molecule has 0 spiro atoms. The van der Waals surface area contributed by atoms with Gasteiger partial charge in [0.25, 0.3) is 5.91 Å². The minimum Gasteiger partial charge on any atom is -0.396 e. The molecule has 2 aromatic rings. The van der Waals surface area contributed by atoms with Gasteiger partial charge in [-0.1, -0.05) is 35.9 Å². The van der Waals surface area contributed by atoms with E-state index in [9.17, 15) is 4.79 Å². The summed E-state index contributed by atoms with van der Waals surface area (Å²) in [6.45, 7) is 0.787. The fourth-order valence-corrected chi connectivity index (χ4v) is 2.26. The SMILES string of the molecule is O=C(NCCCCCO)c1cnc(Cl)c2ccccc12. The van der Waals surface area contributed by atoms with Crippen LogP contribution >= 0.6 is 11.6 Å². The summed E-state index contributed by atoms with van der Waals surface area (Å²) in [6, 6.07) is 7.45. The summed E-state index contributed by atoms with van der Waals surface area (Å²) in [6.07, 6.45) is 4.02. The van der Waals surface area contributed by atoms with Crippen molar-refractivity contribution >= 4 is 28.3 Å². The first-order valence-corrected chi connectivity index (χ1v) is 7.04. The Morgan fingerprint density at radius 2 is 1.95 bits per heavy atom. The number of nitrogens with one attached hydrogen (secondary N) is 1. The molecule has 0 radical (unpaired) electrons. The molecule has 1 aromatic heterocycles. The molecule has 20 heavy (non-hydrogen) atoms. The summed E-state index contributed by atoms with van der Waals surface area (Å²) in [5, 5.41) is 13.5. The third-order valence-corrected chi connectivity index (χ3v) is 3.41. The predicted molar refractivity (Wildman–Crippen MR) is 80.0 cm³/mol. The number of aliphatic hydroxyl groups excluding tert-OH is 1. The molecule has 0 saturated heterocycles. The number of carbonyl (C=O) groups is 1. The standard InChI is InChI=1S/C15H17ClN2O2/c16-14-12-7-3-2-6-11(12)13(10-18-14)15(20)17-8-4-1-5-9-19/h2-3,6-7,10,19H,1,4-5,8-9H2,(H,17,20). The number of amides is 1. The molecule has 106 valence electrons. The van der Waals surface area contributed by atoms with E-state index in [2.05, 4.69) is 10.3 Å². The topological polar surface area (TPSA) is 62.2 Å². The molecule has 1 heterocycles. The minimum absolute atomic E-state index is 0.144. The lowest BCUT2D eigenvalue weighted by molar-refractivity contribution is 0.0954. The van der Waals surface area contributed by atoms with Gasteiger partial charge >= 0.3 is 0 Å². The van der Waals surface area contributed by atoms with Gasteiger partial charge < -0.3 is 10.4 Å². The third kappa shape index (κ3) is 3.46. The van der Waals surface area contributed by atoms with Crippen LogP contribution in [0.3, 0.4) is 0 Å². The molecular weight excluding hydrogens is 276 g/mol. The third-order valence-electron chi connectivity index (χ3n) is 3.11. The van der Waals surface area contributed by atoms with Gasteiger partial charge in [-0.25, -0.2) is 4.98 Å². The molecule has 0 saturated carbocycles. The van der Waals surface area contributed by atoms with E-state index in [4.69, 9.17) is 16.7 Å². The minimum atomic E-state index is -0.144. The Kier molecular flexibility index (Phi) is 5.32. The maximum absolute atomic E-state index is 12.2. The number of halogens is 1. The van der Waals surface area contributed by atoms with Gasteiger partial charge in [0, 0.05) is 24.7 Å². The number of hydrogen-bond donors (Lipinski definition) is 2. The van der Waals surface area contributed by atoms with Crippen molar-refractivity contribution in [3.8, 4) is 0 Å². The molecule has 2 rings (SSSR count). The van der Waals surface area contributed by atoms with E-state index in [1.54, 1.807) is 0 Å². The second-order valence-electron chi connectivity index (χ2n) is 4.55. The van der Waals surface area contributed by atoms with Crippen molar-refractivity contribution in [2.24, 2.45) is 0 Å². The molecule has 0 unspecified atom stereocenters. The van der Waals surface area contributed by atoms with E-state index in [1.165, 1.54) is 6.20 Å². The van der Waals surface area contributed by atoms with Crippen LogP contribution in [0.5, 0.6) is 0 Å². The second kappa shape index (κ2) is 7.22. The van der Waals surface area contributed by atoms with Crippen LogP contribution in [-0.4, -0.2) is 29.1 Å². The van der Waals surface area contributed by atoms with Gasteiger partial charge in [-0.3, -0.25) is 4.79 Å². The highest BCUT2D eigenvalue weighted by Crippen LogP contribution is 2.23. The van der Waals surface area contributed by atoms with Gasteiger partial charge in [-0.15, -0.1) is 0 Å². The number of pyridine rings is 1. The summed E-state index contributed by atoms with van der Waals surface area (Å²) < 4.78 is 0. The zero-order chi connectivity index (χ0) is 14.4. The Morgan fingerprint density at radius 3 is 2.70 bits per heavy atom. The first kappa shape index (κ1) is 14.8. The van der Waals surface area contributed by atoms with Gasteiger partial charge in [0.1, 0.15) is 5.15 Å². The molecule has 1 amide bonds. The smallest absolute Gasteiger partial charge is 0.253 e. The molecule has 0 atom stereocenters. The van der Waals surface area contributed by atoms with Crippen molar-refractivity contribution in [3.05, 3.63) is 41.2 Å². The fourth-order valence-electron chi connectivity index (χ4n) is 2.05. The largest absolute Gasteiger partial charge is 0.396 e. The molecule has 0 bridgehead atoms. The van der Waals surface area contributed by atoms with E-state index in [0.717, 1.165) is 30.0 Å². The lowest BCUT2D eigenvalue weighted by atomic mass is 10.1. The Morgan fingerprint density at radius 1 is 1.20 bits per heavy atom. The summed E-state index contributed by atoms with van der Waals surface area (Å²) >= 11 is 6.03. The Balaban J connectivity index is 2.09. The van der Waals surface area contributed by atoms with Crippen LogP contribution < -0.4 is 5.32 Å². The molecule has 1 aromatic carbocycles. The van der Waals surface area contributed by atoms with Gasteiger partial charge in [0.05, 0.1) is 5.56 Å². The van der Waals surface area contributed by atoms with Gasteiger partial charge in [0.2, 0.25) is 0 Å². The van der Waals surface area contributed by atoms with Crippen LogP contribution in [0.15, 0.2) is 30.5 Å². The molecule has 0 aliphatic heterocycles. The average Bonchev–Trinajstić information content (AvgIpc) is 2.47. The lowest BCUT2D eigenvalue weighted by Gasteiger charge is -2.08. The highest BCUT2D eigenvalue weighted by Gasteiger charge is 2.11. The van der Waals surface area contributed by atoms with E-state index < -0.39 is 0 Å². The van der Waals surface area contributed by atoms with E-state index >= 15 is 0 Å². The predicted octanol–water partition coefficient (Wildman–Crippen LogP) is 2.78. The number of fused-ring (bicyclic) bond motifs is 1. The number of aliphatic hydroxyl groups is 1. The zero-order valence-electron chi connectivity index (χ0n) is 11.1. The monoisotopic (exact) mass is 292 g/mol. The van der Waals surface area contributed by atoms with Crippen LogP contribution in [0.1, 0.15) is 29.6 Å². The van der Waals surface area contributed by atoms with Crippen LogP contribution in [0.25, 0.3) is 10.8 Å². The van der Waals surface area contributed by atoms with Crippen LogP contribution in [-0.2, 0) is 0 Å². The van der Waals surface area contributed by atoms with Crippen molar-refractivity contribution in [1.82, 2.24) is 10.3 Å². The van der Waals surface area contributed by atoms with E-state index in [1.807, 2.05) is 24.3 Å². The molecule has 4 nitrogen and oxygen atoms in total. The van der Waals surface area contributed by atoms with Crippen molar-refractivity contribution in [1.29, 1.82) is 0 Å². The first-order valence-electron chi connectivity index (χ1n) is 6.66. The van der Waals surface area contributed by atoms with Gasteiger partial charge in [0.15, 0.2) is 0 Å². The molecule has 5 heteroatoms. The number of rotatable bonds is 6. The molecule has 0 aliphatic rings. The van der Waals surface area contributed by atoms with Crippen molar-refractivity contribution in [3.63, 3.8) is 0 Å². The van der Waals surface area contributed by atoms with Crippen LogP contribution in [0.4, 0.5) is 0 Å². The normalized spacial score (nSPS) is 10.7. The van der Waals surface area contributed by atoms with E-state index in [0.29, 0.717) is 17.3 Å². The fraction of sp³-hybridized carbons (Fsp3) is 0.333. The lowest BCUT2D eigenvalue weighted by Crippen LogP contribution is -2.24. The quantitative estimate of drug-likeness (QED) is 0.636. The number of hydrogen-bond acceptors (Lipinski definition) is 3. The first-order chi connectivity index (χ1) is 9.74. The highest BCUT2D eigenvalue weighted by molar-refractivity contribution is 6.34. The van der Waals surface area contributed by atoms with Gasteiger partial charge in [-0.05, 0) is 24.6 Å². The van der Waals surface area contributed by atoms with Crippen LogP contribution in [0.2, 0.25) is 5.15 Å². The number of nitrogens with zero attached hydrogens (tertiary/aromatic N) is 1. The summed E-state index contributed by atoms with van der Waals surface area (Å²) in [4.78, 5) is 16.2. The van der Waals surface area contributed by atoms with Crippen molar-refractivity contribution in [2.75, 3.05) is 13.2 Å². The van der Waals surface area contributed by atoms with Crippen molar-refractivity contribution in [2.45, 2.75) is 19.3 Å². The number of carbonyl (C=O) groups excluding carboxylic acids is 1.